The molecule has 0 aliphatic carbocycles. The van der Waals surface area contributed by atoms with Crippen molar-refractivity contribution in [3.8, 4) is 0 Å². The van der Waals surface area contributed by atoms with Gasteiger partial charge in [0.2, 0.25) is 10.0 Å². The number of rotatable bonds is 7. The average molecular weight is 667 g/mol. The normalized spacial score (nSPS) is 23.1. The first kappa shape index (κ1) is 27.0. The number of fused-ring (bicyclic) bond motifs is 1. The maximum absolute atomic E-state index is 14.4. The number of nitrogens with zero attached hydrogens (tertiary/aromatic N) is 2. The maximum atomic E-state index is 14.4. The van der Waals surface area contributed by atoms with E-state index in [-0.39, 0.29) is 23.0 Å². The molecule has 3 aromatic carbocycles. The van der Waals surface area contributed by atoms with E-state index in [0.717, 1.165) is 16.9 Å². The molecule has 3 aromatic rings. The highest BCUT2D eigenvalue weighted by molar-refractivity contribution is 14.2. The second-order valence-electron chi connectivity index (χ2n) is 9.12. The standard InChI is InChI=1S/C28H28ClIN2O3S2/c1-2-35-28-18-26(21-11-7-4-8-12-21)32(37(33,34)23-15-13-22(29)14-16-23)27-17-25(20-9-5-3-6-10-20)31(36-30)19-24(27)28/h3-16,25-27H,2,17-19H2,1H3/t25-,26-,27-/m0/s1. The summed E-state index contributed by atoms with van der Waals surface area (Å²) in [5.74, 6) is 0.908. The topological polar surface area (TPSA) is 49.9 Å². The van der Waals surface area contributed by atoms with Crippen molar-refractivity contribution in [1.82, 2.24) is 8.61 Å². The van der Waals surface area contributed by atoms with Gasteiger partial charge in [-0.05, 0) is 57.9 Å². The number of ether oxygens (including phenoxy) is 1. The predicted molar refractivity (Wildman–Crippen MR) is 159 cm³/mol. The van der Waals surface area contributed by atoms with Crippen LogP contribution in [-0.2, 0) is 14.8 Å². The Hall–Kier alpha value is -1.56. The highest BCUT2D eigenvalue weighted by Gasteiger charge is 2.49. The summed E-state index contributed by atoms with van der Waals surface area (Å²) in [5.41, 5.74) is 3.18. The molecule has 5 nitrogen and oxygen atoms in total. The number of sulfonamides is 1. The summed E-state index contributed by atoms with van der Waals surface area (Å²) in [6.07, 6.45) is 1.12. The van der Waals surface area contributed by atoms with Gasteiger partial charge in [0.05, 0.1) is 29.3 Å². The first-order chi connectivity index (χ1) is 17.9. The molecule has 0 radical (unpaired) electrons. The molecule has 9 heteroatoms. The van der Waals surface area contributed by atoms with Gasteiger partial charge in [0, 0.05) is 50.8 Å². The molecule has 0 spiro atoms. The van der Waals surface area contributed by atoms with Gasteiger partial charge in [-0.3, -0.25) is 0 Å². The van der Waals surface area contributed by atoms with Crippen LogP contribution in [0.1, 0.15) is 43.0 Å². The largest absolute Gasteiger partial charge is 0.498 e. The molecule has 0 saturated carbocycles. The Balaban J connectivity index is 1.68. The van der Waals surface area contributed by atoms with Gasteiger partial charge in [-0.25, -0.2) is 12.7 Å². The summed E-state index contributed by atoms with van der Waals surface area (Å²) in [5, 5.41) is 0.507. The molecule has 2 aliphatic heterocycles. The first-order valence-electron chi connectivity index (χ1n) is 12.2. The van der Waals surface area contributed by atoms with Crippen LogP contribution in [0.2, 0.25) is 5.02 Å². The van der Waals surface area contributed by atoms with E-state index in [1.165, 1.54) is 5.56 Å². The van der Waals surface area contributed by atoms with Crippen LogP contribution >= 0.6 is 41.9 Å². The highest BCUT2D eigenvalue weighted by atomic mass is 127. The molecule has 2 heterocycles. The molecule has 0 aromatic heterocycles. The van der Waals surface area contributed by atoms with Gasteiger partial charge in [-0.2, -0.15) is 4.31 Å². The van der Waals surface area contributed by atoms with Crippen LogP contribution in [0.15, 0.2) is 101 Å². The Kier molecular flexibility index (Phi) is 8.53. The van der Waals surface area contributed by atoms with Crippen molar-refractivity contribution in [1.29, 1.82) is 0 Å². The van der Waals surface area contributed by atoms with E-state index >= 15 is 0 Å². The molecule has 5 rings (SSSR count). The lowest BCUT2D eigenvalue weighted by atomic mass is 9.84. The molecule has 194 valence electrons. The monoisotopic (exact) mass is 666 g/mol. The quantitative estimate of drug-likeness (QED) is 0.192. The zero-order chi connectivity index (χ0) is 26.0. The third kappa shape index (κ3) is 5.46. The summed E-state index contributed by atoms with van der Waals surface area (Å²) in [6.45, 7) is 3.15. The molecule has 0 amide bonds. The number of piperidine rings is 1. The number of benzene rings is 3. The van der Waals surface area contributed by atoms with Gasteiger partial charge in [-0.1, -0.05) is 72.3 Å². The van der Waals surface area contributed by atoms with Gasteiger partial charge < -0.3 is 4.74 Å². The Morgan fingerprint density at radius 3 is 2.08 bits per heavy atom. The van der Waals surface area contributed by atoms with Gasteiger partial charge >= 0.3 is 0 Å². The maximum Gasteiger partial charge on any atom is 0.244 e. The Morgan fingerprint density at radius 2 is 1.51 bits per heavy atom. The first-order valence-corrected chi connectivity index (χ1v) is 17.4. The van der Waals surface area contributed by atoms with Crippen molar-refractivity contribution < 1.29 is 13.2 Å². The van der Waals surface area contributed by atoms with E-state index in [9.17, 15) is 8.42 Å². The van der Waals surface area contributed by atoms with E-state index in [4.69, 9.17) is 16.3 Å². The molecule has 2 aliphatic rings. The number of hydrogen-bond donors (Lipinski definition) is 0. The van der Waals surface area contributed by atoms with Gasteiger partial charge in [-0.15, -0.1) is 0 Å². The zero-order valence-electron chi connectivity index (χ0n) is 20.3. The molecule has 1 fully saturated rings. The highest BCUT2D eigenvalue weighted by Crippen LogP contribution is 2.50. The Labute approximate surface area is 240 Å². The molecular weight excluding hydrogens is 639 g/mol. The summed E-state index contributed by atoms with van der Waals surface area (Å²) in [4.78, 5) is 0.249. The van der Waals surface area contributed by atoms with Crippen molar-refractivity contribution >= 4 is 51.9 Å². The zero-order valence-corrected chi connectivity index (χ0v) is 24.9. The van der Waals surface area contributed by atoms with Crippen molar-refractivity contribution in [3.05, 3.63) is 112 Å². The van der Waals surface area contributed by atoms with Crippen molar-refractivity contribution in [2.24, 2.45) is 0 Å². The molecule has 0 unspecified atom stereocenters. The van der Waals surface area contributed by atoms with Crippen molar-refractivity contribution in [2.45, 2.75) is 42.8 Å². The smallest absolute Gasteiger partial charge is 0.244 e. The molecule has 37 heavy (non-hydrogen) atoms. The fraction of sp³-hybridized carbons (Fsp3) is 0.286. The summed E-state index contributed by atoms with van der Waals surface area (Å²) < 4.78 is 39.1. The van der Waals surface area contributed by atoms with E-state index in [0.29, 0.717) is 31.0 Å². The summed E-state index contributed by atoms with van der Waals surface area (Å²) in [6, 6.07) is 26.0. The second kappa shape index (κ2) is 11.7. The van der Waals surface area contributed by atoms with Crippen molar-refractivity contribution in [2.75, 3.05) is 13.2 Å². The van der Waals surface area contributed by atoms with Crippen LogP contribution in [0.25, 0.3) is 0 Å². The fourth-order valence-electron chi connectivity index (χ4n) is 5.38. The van der Waals surface area contributed by atoms with E-state index < -0.39 is 10.0 Å². The van der Waals surface area contributed by atoms with Crippen LogP contribution < -0.4 is 0 Å². The molecular formula is C28H28ClIN2O3S2. The SMILES string of the molecule is CCOC1=C2CN(SI)[C@H](c3ccccc3)C[C@@H]2N(S(=O)(=O)c2ccc(Cl)cc2)[C@H](c2ccccc2)C1. The van der Waals surface area contributed by atoms with Crippen LogP contribution in [0.3, 0.4) is 0 Å². The Bertz CT molecular complexity index is 1360. The molecule has 3 atom stereocenters. The van der Waals surface area contributed by atoms with Gasteiger partial charge in [0.25, 0.3) is 0 Å². The minimum Gasteiger partial charge on any atom is -0.498 e. The third-order valence-electron chi connectivity index (χ3n) is 7.04. The average Bonchev–Trinajstić information content (AvgIpc) is 2.93. The lowest BCUT2D eigenvalue weighted by molar-refractivity contribution is 0.121. The van der Waals surface area contributed by atoms with E-state index in [1.54, 1.807) is 37.7 Å². The van der Waals surface area contributed by atoms with Crippen LogP contribution in [0.5, 0.6) is 0 Å². The van der Waals surface area contributed by atoms with E-state index in [1.807, 2.05) is 55.5 Å². The van der Waals surface area contributed by atoms with Crippen LogP contribution in [0.4, 0.5) is 0 Å². The van der Waals surface area contributed by atoms with Crippen molar-refractivity contribution in [3.63, 3.8) is 0 Å². The Morgan fingerprint density at radius 1 is 0.919 bits per heavy atom. The molecule has 1 saturated heterocycles. The number of hydrogen-bond acceptors (Lipinski definition) is 5. The minimum absolute atomic E-state index is 0.0529. The lowest BCUT2D eigenvalue weighted by Crippen LogP contribution is -2.52. The van der Waals surface area contributed by atoms with Crippen LogP contribution in [0, 0.1) is 0 Å². The second-order valence-corrected chi connectivity index (χ2v) is 13.2. The minimum atomic E-state index is -3.86. The lowest BCUT2D eigenvalue weighted by Gasteiger charge is -2.49. The molecule has 0 N–H and O–H groups in total. The van der Waals surface area contributed by atoms with Gasteiger partial charge in [0.15, 0.2) is 0 Å². The fourth-order valence-corrected chi connectivity index (χ4v) is 9.04. The van der Waals surface area contributed by atoms with Crippen LogP contribution in [-0.4, -0.2) is 36.2 Å². The van der Waals surface area contributed by atoms with E-state index in [2.05, 4.69) is 37.6 Å². The summed E-state index contributed by atoms with van der Waals surface area (Å²) in [7, 11) is -2.20. The summed E-state index contributed by atoms with van der Waals surface area (Å²) >= 11 is 8.44. The van der Waals surface area contributed by atoms with Gasteiger partial charge in [0.1, 0.15) is 0 Å². The third-order valence-corrected chi connectivity index (χ3v) is 11.3. The molecule has 0 bridgehead atoms. The number of halogens is 2. The predicted octanol–water partition coefficient (Wildman–Crippen LogP) is 7.58.